The van der Waals surface area contributed by atoms with E-state index in [2.05, 4.69) is 90.6 Å². The molecular formula is C65H77N15O5. The molecule has 0 bridgehead atoms. The highest BCUT2D eigenvalue weighted by Gasteiger charge is 2.32. The number of amides is 2. The number of nitrogens with two attached hydrogens (primary N) is 2. The van der Waals surface area contributed by atoms with Gasteiger partial charge in [0.1, 0.15) is 53.7 Å². The Morgan fingerprint density at radius 1 is 0.588 bits per heavy atom. The standard InChI is InChI=1S/C33H41N7O3.C32H36N8O2/c1-38-14-16-39(17-15-38)25-9-11-26(12-10-25)40-19-27(31-32(34)35-22-36-33(31)40)24-8-13-28(29(18-24)42-2)37-30(41)21-43-20-23-6-4-3-5-7-23;1-34-23-6-4-5-22(17-23)32(41)37-27-12-7-21(18-28(27)42-3)26-19-40(31-29(26)30(33)35-20-36-31)25-10-8-24(9-11-25)39-15-13-38(2)14-16-39/h3-8,13,18-19,22,25-26H,9-12,14-17,20-21H2,1-2H3,(H,37,41)(H2,34,35,36);4-7,12,17-20,24-25H,8-11,13-16H2,2-3H3,(H,37,41)(H2,33,35,36). The Morgan fingerprint density at radius 2 is 1.07 bits per heavy atom. The van der Waals surface area contributed by atoms with Crippen LogP contribution in [0.5, 0.6) is 11.5 Å². The summed E-state index contributed by atoms with van der Waals surface area (Å²) in [6, 6.07) is 29.8. The van der Waals surface area contributed by atoms with Crippen LogP contribution in [-0.2, 0) is 16.1 Å². The molecule has 8 aromatic rings. The van der Waals surface area contributed by atoms with Gasteiger partial charge in [0.25, 0.3) is 5.91 Å². The lowest BCUT2D eigenvalue weighted by Gasteiger charge is -2.41. The molecule has 442 valence electrons. The molecule has 20 nitrogen and oxygen atoms in total. The van der Waals surface area contributed by atoms with Gasteiger partial charge in [-0.25, -0.2) is 24.8 Å². The summed E-state index contributed by atoms with van der Waals surface area (Å²) in [6.07, 6.45) is 16.5. The second-order valence-corrected chi connectivity index (χ2v) is 22.9. The number of hydrogen-bond donors (Lipinski definition) is 4. The van der Waals surface area contributed by atoms with Crippen LogP contribution in [0.4, 0.5) is 28.7 Å². The number of aromatic nitrogens is 6. The lowest BCUT2D eigenvalue weighted by Crippen LogP contribution is -2.49. The fourth-order valence-electron chi connectivity index (χ4n) is 12.8. The number of methoxy groups -OCH3 is 2. The second kappa shape index (κ2) is 26.6. The lowest BCUT2D eigenvalue weighted by molar-refractivity contribution is -0.121. The zero-order valence-electron chi connectivity index (χ0n) is 49.1. The van der Waals surface area contributed by atoms with Crippen molar-refractivity contribution >= 4 is 62.6 Å². The summed E-state index contributed by atoms with van der Waals surface area (Å²) in [7, 11) is 7.58. The van der Waals surface area contributed by atoms with Gasteiger partial charge in [-0.05, 0) is 112 Å². The first kappa shape index (κ1) is 58.3. The number of anilines is 4. The van der Waals surface area contributed by atoms with Gasteiger partial charge in [-0.2, -0.15) is 0 Å². The number of piperazine rings is 2. The molecule has 12 rings (SSSR count). The number of carbonyl (C=O) groups is 2. The maximum atomic E-state index is 12.9. The normalized spacial score (nSPS) is 19.8. The van der Waals surface area contributed by atoms with E-state index in [0.717, 1.165) is 128 Å². The van der Waals surface area contributed by atoms with Gasteiger partial charge in [0.15, 0.2) is 5.69 Å². The van der Waals surface area contributed by atoms with Gasteiger partial charge in [-0.15, -0.1) is 0 Å². The molecule has 85 heavy (non-hydrogen) atoms. The minimum atomic E-state index is -0.312. The van der Waals surface area contributed by atoms with Gasteiger partial charge < -0.3 is 55.2 Å². The van der Waals surface area contributed by atoms with Crippen molar-refractivity contribution in [2.45, 2.75) is 82.1 Å². The van der Waals surface area contributed by atoms with Gasteiger partial charge in [-0.1, -0.05) is 60.7 Å². The van der Waals surface area contributed by atoms with Gasteiger partial charge >= 0.3 is 0 Å². The van der Waals surface area contributed by atoms with Crippen LogP contribution in [0.1, 0.15) is 79.4 Å². The number of hydrogen-bond acceptors (Lipinski definition) is 15. The molecule has 0 radical (unpaired) electrons. The number of fused-ring (bicyclic) bond motifs is 2. The summed E-state index contributed by atoms with van der Waals surface area (Å²) in [5.74, 6) is 1.41. The molecule has 4 aliphatic rings. The number of carbonyl (C=O) groups excluding carboxylic acids is 2. The number of ether oxygens (including phenoxy) is 3. The molecule has 4 aromatic carbocycles. The fourth-order valence-corrected chi connectivity index (χ4v) is 12.8. The Bertz CT molecular complexity index is 3660. The van der Waals surface area contributed by atoms with Crippen LogP contribution in [-0.4, -0.2) is 160 Å². The lowest BCUT2D eigenvalue weighted by atomic mass is 9.89. The Kier molecular flexibility index (Phi) is 18.3. The number of nitrogens with zero attached hydrogens (tertiary/aromatic N) is 11. The number of rotatable bonds is 15. The Balaban J connectivity index is 0.000000177. The van der Waals surface area contributed by atoms with Crippen LogP contribution in [0.25, 0.3) is 49.2 Å². The molecule has 0 atom stereocenters. The Labute approximate surface area is 496 Å². The largest absolute Gasteiger partial charge is 0.495 e. The third-order valence-electron chi connectivity index (χ3n) is 17.6. The van der Waals surface area contributed by atoms with Crippen molar-refractivity contribution in [3.63, 3.8) is 0 Å². The number of nitrogens with one attached hydrogen (secondary N) is 2. The van der Waals surface area contributed by atoms with Crippen LogP contribution in [0.3, 0.4) is 0 Å². The predicted octanol–water partition coefficient (Wildman–Crippen LogP) is 9.80. The van der Waals surface area contributed by atoms with Crippen molar-refractivity contribution in [2.24, 2.45) is 0 Å². The summed E-state index contributed by atoms with van der Waals surface area (Å²) >= 11 is 0. The van der Waals surface area contributed by atoms with E-state index in [-0.39, 0.29) is 18.4 Å². The van der Waals surface area contributed by atoms with Crippen molar-refractivity contribution in [3.8, 4) is 33.8 Å². The molecule has 0 unspecified atom stereocenters. The molecule has 2 saturated carbocycles. The van der Waals surface area contributed by atoms with Crippen molar-refractivity contribution in [2.75, 3.05) is 109 Å². The first-order chi connectivity index (χ1) is 41.4. The average Bonchev–Trinajstić information content (AvgIpc) is 2.42. The SMILES string of the molecule is COc1cc(-c2cn(C3CCC(N4CCN(C)CC4)CC3)c3ncnc(N)c23)ccc1NC(=O)COCc1ccccc1.[C-]#[N+]c1cccc(C(=O)Nc2ccc(-c3cn(C4CCC(N5CCN(C)CC5)CC4)c4ncnc(N)c34)cc2OC)c1. The van der Waals surface area contributed by atoms with E-state index in [1.54, 1.807) is 44.8 Å². The average molecular weight is 1150 g/mol. The highest BCUT2D eigenvalue weighted by atomic mass is 16.5. The maximum Gasteiger partial charge on any atom is 0.254 e. The third-order valence-corrected chi connectivity index (χ3v) is 17.6. The van der Waals surface area contributed by atoms with Gasteiger partial charge in [0.2, 0.25) is 5.91 Å². The summed E-state index contributed by atoms with van der Waals surface area (Å²) in [5, 5.41) is 7.51. The molecule has 4 aromatic heterocycles. The maximum absolute atomic E-state index is 12.9. The first-order valence-corrected chi connectivity index (χ1v) is 29.6. The first-order valence-electron chi connectivity index (χ1n) is 29.6. The molecule has 2 aliphatic heterocycles. The zero-order valence-corrected chi connectivity index (χ0v) is 49.1. The number of likely N-dealkylation sites (N-methyl/N-ethyl adjacent to an activating group) is 2. The summed E-state index contributed by atoms with van der Waals surface area (Å²) in [5.41, 5.74) is 21.2. The summed E-state index contributed by atoms with van der Waals surface area (Å²) < 4.78 is 21.6. The highest BCUT2D eigenvalue weighted by Crippen LogP contribution is 2.43. The van der Waals surface area contributed by atoms with E-state index in [4.69, 9.17) is 32.3 Å². The minimum Gasteiger partial charge on any atom is -0.495 e. The van der Waals surface area contributed by atoms with E-state index in [9.17, 15) is 9.59 Å². The van der Waals surface area contributed by atoms with Crippen molar-refractivity contribution < 1.29 is 23.8 Å². The molecule has 2 saturated heterocycles. The predicted molar refractivity (Wildman–Crippen MR) is 334 cm³/mol. The molecule has 0 spiro atoms. The quantitative estimate of drug-likeness (QED) is 0.0703. The number of nitrogen functional groups attached to an aromatic ring is 2. The van der Waals surface area contributed by atoms with Crippen LogP contribution in [0, 0.1) is 6.57 Å². The molecule has 6 N–H and O–H groups in total. The van der Waals surface area contributed by atoms with Crippen LogP contribution >= 0.6 is 0 Å². The smallest absolute Gasteiger partial charge is 0.254 e. The number of benzene rings is 4. The molecule has 2 amide bonds. The van der Waals surface area contributed by atoms with Gasteiger partial charge in [-0.3, -0.25) is 19.4 Å². The van der Waals surface area contributed by atoms with Crippen LogP contribution in [0.15, 0.2) is 116 Å². The summed E-state index contributed by atoms with van der Waals surface area (Å²) in [4.78, 5) is 57.1. The van der Waals surface area contributed by atoms with Crippen molar-refractivity contribution in [1.82, 2.24) is 48.7 Å². The Hall–Kier alpha value is -8.45. The van der Waals surface area contributed by atoms with Crippen LogP contribution in [0.2, 0.25) is 0 Å². The minimum absolute atomic E-state index is 0.0573. The molecule has 4 fully saturated rings. The van der Waals surface area contributed by atoms with Crippen LogP contribution < -0.4 is 31.6 Å². The summed E-state index contributed by atoms with van der Waals surface area (Å²) in [6.45, 7) is 16.7. The van der Waals surface area contributed by atoms with Gasteiger partial charge in [0, 0.05) is 106 Å². The zero-order chi connectivity index (χ0) is 59.0. The topological polar surface area (TPSA) is 217 Å². The highest BCUT2D eigenvalue weighted by molar-refractivity contribution is 6.07. The van der Waals surface area contributed by atoms with E-state index in [0.29, 0.717) is 76.5 Å². The fraction of sp³-hybridized carbons (Fsp3) is 0.400. The molecule has 20 heteroatoms. The van der Waals surface area contributed by atoms with E-state index >= 15 is 0 Å². The second-order valence-electron chi connectivity index (χ2n) is 22.9. The monoisotopic (exact) mass is 1150 g/mol. The van der Waals surface area contributed by atoms with Crippen molar-refractivity contribution in [1.29, 1.82) is 0 Å². The molecule has 2 aliphatic carbocycles. The van der Waals surface area contributed by atoms with Crippen molar-refractivity contribution in [3.05, 3.63) is 139 Å². The van der Waals surface area contributed by atoms with E-state index in [1.165, 1.54) is 32.0 Å². The Morgan fingerprint density at radius 3 is 1.55 bits per heavy atom. The molecular weight excluding hydrogens is 1070 g/mol. The molecule has 6 heterocycles. The van der Waals surface area contributed by atoms with E-state index < -0.39 is 0 Å². The van der Waals surface area contributed by atoms with Gasteiger partial charge in [0.05, 0.1) is 49.5 Å². The third kappa shape index (κ3) is 13.3. The van der Waals surface area contributed by atoms with E-state index in [1.807, 2.05) is 66.7 Å².